The lowest BCUT2D eigenvalue weighted by molar-refractivity contribution is -0.134. The molecule has 1 fully saturated rings. The maximum absolute atomic E-state index is 13.2. The average molecular weight is 540 g/mol. The summed E-state index contributed by atoms with van der Waals surface area (Å²) in [6.07, 6.45) is 0.792. The summed E-state index contributed by atoms with van der Waals surface area (Å²) < 4.78 is 33.2. The minimum Gasteiger partial charge on any atom is -0.441 e. The first-order chi connectivity index (χ1) is 18.2. The number of amides is 2. The summed E-state index contributed by atoms with van der Waals surface area (Å²) in [5, 5.41) is 8.93. The standard InChI is InChI=1S/C27H33N5O5S/c1-19-8-10-22(11-9-19)38(35,36)30-17-16-29-26(34)27(12-14-28-15-13-27)32-24(33)18-23-20(2)37-25(31-23)21-6-4-3-5-7-21/h3-11,28,30H,12-18H2,1-2H3,(H,29,34)(H,32,33). The number of rotatable bonds is 10. The zero-order valence-electron chi connectivity index (χ0n) is 21.5. The van der Waals surface area contributed by atoms with E-state index in [0.29, 0.717) is 43.3 Å². The highest BCUT2D eigenvalue weighted by molar-refractivity contribution is 7.89. The van der Waals surface area contributed by atoms with Crippen LogP contribution in [0.25, 0.3) is 11.5 Å². The fraction of sp³-hybridized carbons (Fsp3) is 0.370. The van der Waals surface area contributed by atoms with E-state index in [1.807, 2.05) is 37.3 Å². The summed E-state index contributed by atoms with van der Waals surface area (Å²) in [5.41, 5.74) is 1.18. The van der Waals surface area contributed by atoms with Gasteiger partial charge in [-0.15, -0.1) is 0 Å². The number of nitrogens with one attached hydrogen (secondary N) is 4. The molecule has 11 heteroatoms. The molecule has 2 aromatic carbocycles. The molecule has 0 saturated carbocycles. The second-order valence-corrected chi connectivity index (χ2v) is 11.2. The molecule has 202 valence electrons. The zero-order chi connectivity index (χ0) is 27.2. The highest BCUT2D eigenvalue weighted by Gasteiger charge is 2.40. The van der Waals surface area contributed by atoms with Crippen molar-refractivity contribution in [1.29, 1.82) is 0 Å². The quantitative estimate of drug-likeness (QED) is 0.288. The third-order valence-electron chi connectivity index (χ3n) is 6.55. The van der Waals surface area contributed by atoms with Gasteiger partial charge in [-0.2, -0.15) is 0 Å². The third-order valence-corrected chi connectivity index (χ3v) is 8.02. The van der Waals surface area contributed by atoms with E-state index in [4.69, 9.17) is 4.42 Å². The van der Waals surface area contributed by atoms with Crippen molar-refractivity contribution in [1.82, 2.24) is 25.7 Å². The lowest BCUT2D eigenvalue weighted by atomic mass is 9.87. The molecule has 0 atom stereocenters. The van der Waals surface area contributed by atoms with Crippen molar-refractivity contribution < 1.29 is 22.4 Å². The van der Waals surface area contributed by atoms with Crippen molar-refractivity contribution in [3.05, 3.63) is 71.6 Å². The zero-order valence-corrected chi connectivity index (χ0v) is 22.4. The molecule has 2 amide bonds. The smallest absolute Gasteiger partial charge is 0.245 e. The number of aromatic nitrogens is 1. The predicted molar refractivity (Wildman–Crippen MR) is 143 cm³/mol. The molecular formula is C27H33N5O5S. The molecule has 38 heavy (non-hydrogen) atoms. The second kappa shape index (κ2) is 11.9. The lowest BCUT2D eigenvalue weighted by Crippen LogP contribution is -2.63. The van der Waals surface area contributed by atoms with Gasteiger partial charge in [0.2, 0.25) is 27.7 Å². The molecule has 0 aliphatic carbocycles. The topological polar surface area (TPSA) is 142 Å². The minimum atomic E-state index is -3.69. The molecule has 0 unspecified atom stereocenters. The number of carbonyl (C=O) groups is 2. The number of carbonyl (C=O) groups excluding carboxylic acids is 2. The fourth-order valence-corrected chi connectivity index (χ4v) is 5.39. The van der Waals surface area contributed by atoms with Crippen LogP contribution in [0.4, 0.5) is 0 Å². The Morgan fingerprint density at radius 1 is 1.00 bits per heavy atom. The van der Waals surface area contributed by atoms with E-state index >= 15 is 0 Å². The van der Waals surface area contributed by atoms with Crippen molar-refractivity contribution in [3.8, 4) is 11.5 Å². The van der Waals surface area contributed by atoms with Gasteiger partial charge in [0.25, 0.3) is 0 Å². The SMILES string of the molecule is Cc1ccc(S(=O)(=O)NCCNC(=O)C2(NC(=O)Cc3nc(-c4ccccc4)oc3C)CCNCC2)cc1. The van der Waals surface area contributed by atoms with E-state index in [1.165, 1.54) is 12.1 Å². The fourth-order valence-electron chi connectivity index (χ4n) is 4.35. The minimum absolute atomic E-state index is 0.0185. The maximum Gasteiger partial charge on any atom is 0.245 e. The second-order valence-electron chi connectivity index (χ2n) is 9.41. The molecule has 3 aromatic rings. The van der Waals surface area contributed by atoms with Gasteiger partial charge in [0.1, 0.15) is 11.3 Å². The summed E-state index contributed by atoms with van der Waals surface area (Å²) in [7, 11) is -3.69. The lowest BCUT2D eigenvalue weighted by Gasteiger charge is -2.37. The number of sulfonamides is 1. The molecule has 4 rings (SSSR count). The van der Waals surface area contributed by atoms with E-state index < -0.39 is 15.6 Å². The molecule has 4 N–H and O–H groups in total. The molecule has 0 spiro atoms. The van der Waals surface area contributed by atoms with E-state index in [1.54, 1.807) is 19.1 Å². The monoisotopic (exact) mass is 539 g/mol. The van der Waals surface area contributed by atoms with Gasteiger partial charge in [0.15, 0.2) is 0 Å². The molecule has 1 aliphatic rings. The molecule has 0 bridgehead atoms. The molecule has 1 aromatic heterocycles. The number of piperidine rings is 1. The van der Waals surface area contributed by atoms with Gasteiger partial charge >= 0.3 is 0 Å². The summed E-state index contributed by atoms with van der Waals surface area (Å²) in [6, 6.07) is 15.9. The van der Waals surface area contributed by atoms with Crippen LogP contribution >= 0.6 is 0 Å². The number of oxazole rings is 1. The molecule has 0 radical (unpaired) electrons. The largest absolute Gasteiger partial charge is 0.441 e. The van der Waals surface area contributed by atoms with Crippen LogP contribution in [0, 0.1) is 13.8 Å². The number of aryl methyl sites for hydroxylation is 2. The van der Waals surface area contributed by atoms with E-state index in [2.05, 4.69) is 25.7 Å². The molecule has 10 nitrogen and oxygen atoms in total. The molecule has 1 aliphatic heterocycles. The maximum atomic E-state index is 13.2. The predicted octanol–water partition coefficient (Wildman–Crippen LogP) is 1.83. The van der Waals surface area contributed by atoms with Crippen LogP contribution in [-0.4, -0.2) is 56.9 Å². The highest BCUT2D eigenvalue weighted by atomic mass is 32.2. The van der Waals surface area contributed by atoms with Gasteiger partial charge < -0.3 is 20.4 Å². The Morgan fingerprint density at radius 2 is 1.68 bits per heavy atom. The average Bonchev–Trinajstić information content (AvgIpc) is 3.27. The van der Waals surface area contributed by atoms with Crippen LogP contribution < -0.4 is 20.7 Å². The van der Waals surface area contributed by atoms with Crippen LogP contribution in [0.15, 0.2) is 63.9 Å². The van der Waals surface area contributed by atoms with Gasteiger partial charge in [-0.3, -0.25) is 9.59 Å². The summed E-state index contributed by atoms with van der Waals surface area (Å²) in [4.78, 5) is 30.9. The van der Waals surface area contributed by atoms with Crippen molar-refractivity contribution in [2.24, 2.45) is 0 Å². The van der Waals surface area contributed by atoms with Crippen molar-refractivity contribution in [3.63, 3.8) is 0 Å². The normalized spacial score (nSPS) is 15.1. The van der Waals surface area contributed by atoms with Gasteiger partial charge in [0.05, 0.1) is 17.0 Å². The Bertz CT molecular complexity index is 1360. The van der Waals surface area contributed by atoms with Gasteiger partial charge in [0, 0.05) is 18.7 Å². The van der Waals surface area contributed by atoms with Crippen LogP contribution in [0.1, 0.15) is 29.9 Å². The number of hydrogen-bond acceptors (Lipinski definition) is 7. The van der Waals surface area contributed by atoms with Crippen LogP contribution in [0.3, 0.4) is 0 Å². The molecule has 1 saturated heterocycles. The number of hydrogen-bond donors (Lipinski definition) is 4. The summed E-state index contributed by atoms with van der Waals surface area (Å²) in [6.45, 7) is 4.86. The van der Waals surface area contributed by atoms with E-state index in [0.717, 1.165) is 11.1 Å². The first-order valence-corrected chi connectivity index (χ1v) is 14.0. The number of nitrogens with zero attached hydrogens (tertiary/aromatic N) is 1. The Hall–Kier alpha value is -3.54. The third kappa shape index (κ3) is 6.66. The van der Waals surface area contributed by atoms with Crippen molar-refractivity contribution >= 4 is 21.8 Å². The summed E-state index contributed by atoms with van der Waals surface area (Å²) >= 11 is 0. The summed E-state index contributed by atoms with van der Waals surface area (Å²) in [5.74, 6) is 0.304. The Kier molecular flexibility index (Phi) is 8.60. The Morgan fingerprint density at radius 3 is 2.37 bits per heavy atom. The van der Waals surface area contributed by atoms with Crippen LogP contribution in [0.5, 0.6) is 0 Å². The van der Waals surface area contributed by atoms with Gasteiger partial charge in [-0.05, 0) is 64.0 Å². The van der Waals surface area contributed by atoms with Crippen molar-refractivity contribution in [2.45, 2.75) is 43.5 Å². The van der Waals surface area contributed by atoms with Crippen molar-refractivity contribution in [2.75, 3.05) is 26.2 Å². The Balaban J connectivity index is 1.35. The van der Waals surface area contributed by atoms with E-state index in [9.17, 15) is 18.0 Å². The first kappa shape index (κ1) is 27.5. The van der Waals surface area contributed by atoms with Crippen LogP contribution in [0.2, 0.25) is 0 Å². The molecular weight excluding hydrogens is 506 g/mol. The molecule has 2 heterocycles. The highest BCUT2D eigenvalue weighted by Crippen LogP contribution is 2.23. The first-order valence-electron chi connectivity index (χ1n) is 12.6. The van der Waals surface area contributed by atoms with Crippen LogP contribution in [-0.2, 0) is 26.0 Å². The number of benzene rings is 2. The van der Waals surface area contributed by atoms with Gasteiger partial charge in [-0.1, -0.05) is 35.9 Å². The van der Waals surface area contributed by atoms with E-state index in [-0.39, 0.29) is 36.2 Å². The van der Waals surface area contributed by atoms with Gasteiger partial charge in [-0.25, -0.2) is 18.1 Å². The Labute approximate surface area is 222 Å².